The number of benzene rings is 1. The fraction of sp³-hybridized carbons (Fsp3) is 0.571. The van der Waals surface area contributed by atoms with Gasteiger partial charge >= 0.3 is 0 Å². The van der Waals surface area contributed by atoms with Gasteiger partial charge in [-0.1, -0.05) is 20.8 Å². The number of nitrogens with one attached hydrogen (secondary N) is 1. The molecular formula is C14H23NO. The van der Waals surface area contributed by atoms with E-state index in [-0.39, 0.29) is 0 Å². The molecule has 90 valence electrons. The molecule has 16 heavy (non-hydrogen) atoms. The lowest BCUT2D eigenvalue weighted by Crippen LogP contribution is -2.02. The van der Waals surface area contributed by atoms with Crippen molar-refractivity contribution in [3.8, 4) is 5.75 Å². The van der Waals surface area contributed by atoms with Gasteiger partial charge in [-0.2, -0.15) is 0 Å². The minimum atomic E-state index is 0.700. The van der Waals surface area contributed by atoms with Crippen molar-refractivity contribution in [3.63, 3.8) is 0 Å². The molecule has 1 N–H and O–H groups in total. The predicted octanol–water partition coefficient (Wildman–Crippen LogP) is 3.93. The standard InChI is InChI=1S/C14H23NO/c1-4-10-15-13-5-7-14(8-6-13)16-11-9-12(2)3/h5-8,12,15H,4,9-11H2,1-3H3. The highest BCUT2D eigenvalue weighted by atomic mass is 16.5. The zero-order valence-corrected chi connectivity index (χ0v) is 10.6. The van der Waals surface area contributed by atoms with E-state index in [0.29, 0.717) is 5.92 Å². The van der Waals surface area contributed by atoms with E-state index in [9.17, 15) is 0 Å². The highest BCUT2D eigenvalue weighted by Crippen LogP contribution is 2.16. The van der Waals surface area contributed by atoms with Crippen molar-refractivity contribution in [2.75, 3.05) is 18.5 Å². The summed E-state index contributed by atoms with van der Waals surface area (Å²) in [5.41, 5.74) is 1.16. The van der Waals surface area contributed by atoms with Gasteiger partial charge in [-0.25, -0.2) is 0 Å². The highest BCUT2D eigenvalue weighted by Gasteiger charge is 1.97. The van der Waals surface area contributed by atoms with Gasteiger partial charge in [-0.15, -0.1) is 0 Å². The Kier molecular flexibility index (Phi) is 5.76. The van der Waals surface area contributed by atoms with Crippen LogP contribution in [0.3, 0.4) is 0 Å². The summed E-state index contributed by atoms with van der Waals surface area (Å²) in [4.78, 5) is 0. The molecule has 0 saturated heterocycles. The molecule has 0 radical (unpaired) electrons. The fourth-order valence-electron chi connectivity index (χ4n) is 1.35. The summed E-state index contributed by atoms with van der Waals surface area (Å²) in [7, 11) is 0. The molecule has 0 bridgehead atoms. The molecule has 2 nitrogen and oxygen atoms in total. The molecule has 0 aliphatic rings. The zero-order valence-electron chi connectivity index (χ0n) is 10.6. The number of hydrogen-bond donors (Lipinski definition) is 1. The Hall–Kier alpha value is -1.18. The van der Waals surface area contributed by atoms with Crippen LogP contribution in [-0.4, -0.2) is 13.2 Å². The summed E-state index contributed by atoms with van der Waals surface area (Å²) in [6.45, 7) is 8.41. The molecule has 2 heteroatoms. The van der Waals surface area contributed by atoms with E-state index in [2.05, 4.69) is 38.2 Å². The lowest BCUT2D eigenvalue weighted by atomic mass is 10.1. The normalized spacial score (nSPS) is 10.5. The summed E-state index contributed by atoms with van der Waals surface area (Å²) < 4.78 is 5.65. The Morgan fingerprint density at radius 3 is 2.44 bits per heavy atom. The SMILES string of the molecule is CCCNc1ccc(OCCC(C)C)cc1. The third-order valence-electron chi connectivity index (χ3n) is 2.40. The van der Waals surface area contributed by atoms with Crippen LogP contribution in [0.15, 0.2) is 24.3 Å². The molecule has 0 heterocycles. The van der Waals surface area contributed by atoms with Gasteiger partial charge in [0.1, 0.15) is 5.75 Å². The van der Waals surface area contributed by atoms with E-state index < -0.39 is 0 Å². The van der Waals surface area contributed by atoms with Crippen molar-refractivity contribution in [3.05, 3.63) is 24.3 Å². The Labute approximate surface area is 99.0 Å². The summed E-state index contributed by atoms with van der Waals surface area (Å²) in [6.07, 6.45) is 2.25. The van der Waals surface area contributed by atoms with Crippen LogP contribution in [0.5, 0.6) is 5.75 Å². The van der Waals surface area contributed by atoms with Crippen LogP contribution in [-0.2, 0) is 0 Å². The molecule has 0 aliphatic carbocycles. The van der Waals surface area contributed by atoms with Gasteiger partial charge in [-0.3, -0.25) is 0 Å². The molecule has 0 spiro atoms. The van der Waals surface area contributed by atoms with Crippen LogP contribution in [0, 0.1) is 5.92 Å². The molecule has 1 aromatic carbocycles. The first-order chi connectivity index (χ1) is 7.72. The highest BCUT2D eigenvalue weighted by molar-refractivity contribution is 5.46. The Morgan fingerprint density at radius 2 is 1.88 bits per heavy atom. The largest absolute Gasteiger partial charge is 0.494 e. The Balaban J connectivity index is 2.33. The van der Waals surface area contributed by atoms with Crippen LogP contribution < -0.4 is 10.1 Å². The second kappa shape index (κ2) is 7.15. The van der Waals surface area contributed by atoms with E-state index in [0.717, 1.165) is 37.4 Å². The van der Waals surface area contributed by atoms with Crippen molar-refractivity contribution in [1.82, 2.24) is 0 Å². The van der Waals surface area contributed by atoms with E-state index in [1.807, 2.05) is 12.1 Å². The van der Waals surface area contributed by atoms with Crippen LogP contribution in [0.25, 0.3) is 0 Å². The van der Waals surface area contributed by atoms with Crippen molar-refractivity contribution in [2.24, 2.45) is 5.92 Å². The molecule has 0 atom stereocenters. The average Bonchev–Trinajstić information content (AvgIpc) is 2.27. The van der Waals surface area contributed by atoms with Crippen LogP contribution in [0.2, 0.25) is 0 Å². The van der Waals surface area contributed by atoms with Gasteiger partial charge in [-0.05, 0) is 43.0 Å². The van der Waals surface area contributed by atoms with Gasteiger partial charge in [0, 0.05) is 12.2 Å². The van der Waals surface area contributed by atoms with Crippen LogP contribution in [0.4, 0.5) is 5.69 Å². The van der Waals surface area contributed by atoms with Crippen LogP contribution in [0.1, 0.15) is 33.6 Å². The van der Waals surface area contributed by atoms with Gasteiger partial charge in [0.2, 0.25) is 0 Å². The molecule has 0 fully saturated rings. The minimum absolute atomic E-state index is 0.700. The van der Waals surface area contributed by atoms with Crippen molar-refractivity contribution in [2.45, 2.75) is 33.6 Å². The molecule has 0 saturated carbocycles. The monoisotopic (exact) mass is 221 g/mol. The quantitative estimate of drug-likeness (QED) is 0.753. The Bertz CT molecular complexity index is 279. The first-order valence-corrected chi connectivity index (χ1v) is 6.19. The predicted molar refractivity (Wildman–Crippen MR) is 70.2 cm³/mol. The molecular weight excluding hydrogens is 198 g/mol. The maximum absolute atomic E-state index is 5.65. The topological polar surface area (TPSA) is 21.3 Å². The Morgan fingerprint density at radius 1 is 1.19 bits per heavy atom. The lowest BCUT2D eigenvalue weighted by molar-refractivity contribution is 0.289. The van der Waals surface area contributed by atoms with E-state index in [1.54, 1.807) is 0 Å². The molecule has 0 amide bonds. The van der Waals surface area contributed by atoms with Gasteiger partial charge in [0.25, 0.3) is 0 Å². The molecule has 0 aromatic heterocycles. The average molecular weight is 221 g/mol. The zero-order chi connectivity index (χ0) is 11.8. The maximum atomic E-state index is 5.65. The van der Waals surface area contributed by atoms with Crippen LogP contribution >= 0.6 is 0 Å². The molecule has 0 unspecified atom stereocenters. The smallest absolute Gasteiger partial charge is 0.119 e. The van der Waals surface area contributed by atoms with Crippen molar-refractivity contribution >= 4 is 5.69 Å². The second-order valence-corrected chi connectivity index (χ2v) is 4.48. The summed E-state index contributed by atoms with van der Waals surface area (Å²) in [6, 6.07) is 8.19. The minimum Gasteiger partial charge on any atom is -0.494 e. The molecule has 1 aromatic rings. The second-order valence-electron chi connectivity index (χ2n) is 4.48. The van der Waals surface area contributed by atoms with Crippen molar-refractivity contribution in [1.29, 1.82) is 0 Å². The lowest BCUT2D eigenvalue weighted by Gasteiger charge is -2.09. The van der Waals surface area contributed by atoms with Gasteiger partial charge in [0.05, 0.1) is 6.61 Å². The van der Waals surface area contributed by atoms with E-state index >= 15 is 0 Å². The number of anilines is 1. The van der Waals surface area contributed by atoms with Crippen molar-refractivity contribution < 1.29 is 4.74 Å². The fourth-order valence-corrected chi connectivity index (χ4v) is 1.35. The number of ether oxygens (including phenoxy) is 1. The number of hydrogen-bond acceptors (Lipinski definition) is 2. The summed E-state index contributed by atoms with van der Waals surface area (Å²) in [5.74, 6) is 1.66. The van der Waals surface area contributed by atoms with E-state index in [1.165, 1.54) is 0 Å². The molecule has 1 rings (SSSR count). The first kappa shape index (κ1) is 12.9. The first-order valence-electron chi connectivity index (χ1n) is 6.19. The third kappa shape index (κ3) is 5.06. The number of rotatable bonds is 7. The summed E-state index contributed by atoms with van der Waals surface area (Å²) >= 11 is 0. The maximum Gasteiger partial charge on any atom is 0.119 e. The van der Waals surface area contributed by atoms with E-state index in [4.69, 9.17) is 4.74 Å². The molecule has 0 aliphatic heterocycles. The summed E-state index contributed by atoms with van der Waals surface area (Å²) in [5, 5.41) is 3.34. The van der Waals surface area contributed by atoms with Gasteiger partial charge in [0.15, 0.2) is 0 Å². The third-order valence-corrected chi connectivity index (χ3v) is 2.40. The van der Waals surface area contributed by atoms with Gasteiger partial charge < -0.3 is 10.1 Å².